The summed E-state index contributed by atoms with van der Waals surface area (Å²) in [6, 6.07) is 6.25. The summed E-state index contributed by atoms with van der Waals surface area (Å²) in [5.41, 5.74) is 15.5. The highest BCUT2D eigenvalue weighted by molar-refractivity contribution is 6.07. The molecule has 0 unspecified atom stereocenters. The molecule has 1 aromatic carbocycles. The Kier molecular flexibility index (Phi) is 10.3. The third-order valence-electron chi connectivity index (χ3n) is 6.35. The first kappa shape index (κ1) is 29.5. The van der Waals surface area contributed by atoms with Crippen molar-refractivity contribution in [1.29, 1.82) is 0 Å². The maximum atomic E-state index is 13.2. The lowest BCUT2D eigenvalue weighted by Crippen LogP contribution is -2.43. The van der Waals surface area contributed by atoms with Crippen molar-refractivity contribution >= 4 is 41.0 Å². The van der Waals surface area contributed by atoms with Crippen LogP contribution in [0.3, 0.4) is 0 Å². The largest absolute Gasteiger partial charge is 0.387 e. The maximum absolute atomic E-state index is 13.2. The molecule has 39 heavy (non-hydrogen) atoms. The molecule has 2 aromatic rings. The predicted molar refractivity (Wildman–Crippen MR) is 154 cm³/mol. The third kappa shape index (κ3) is 7.97. The minimum Gasteiger partial charge on any atom is -0.387 e. The Morgan fingerprint density at radius 1 is 1.08 bits per heavy atom. The summed E-state index contributed by atoms with van der Waals surface area (Å²) in [4.78, 5) is 48.9. The average molecular weight is 534 g/mol. The quantitative estimate of drug-likeness (QED) is 0.347. The van der Waals surface area contributed by atoms with Gasteiger partial charge in [0.1, 0.15) is 5.84 Å². The Bertz CT molecular complexity index is 1260. The molecule has 3 rings (SSSR count). The number of aliphatic imine (C=N–C) groups is 1. The molecular weight excluding hydrogens is 494 g/mol. The zero-order chi connectivity index (χ0) is 28.5. The van der Waals surface area contributed by atoms with Crippen molar-refractivity contribution in [3.05, 3.63) is 58.9 Å². The van der Waals surface area contributed by atoms with Gasteiger partial charge in [0.25, 0.3) is 5.91 Å². The Hall–Kier alpha value is -4.05. The van der Waals surface area contributed by atoms with E-state index < -0.39 is 6.04 Å². The number of pyridine rings is 1. The van der Waals surface area contributed by atoms with E-state index in [0.29, 0.717) is 41.4 Å². The second-order valence-corrected chi connectivity index (χ2v) is 10.0. The van der Waals surface area contributed by atoms with E-state index in [0.717, 1.165) is 24.0 Å². The van der Waals surface area contributed by atoms with Crippen LogP contribution in [0.2, 0.25) is 0 Å². The third-order valence-corrected chi connectivity index (χ3v) is 6.35. The molecule has 6 N–H and O–H groups in total. The number of amidine groups is 1. The molecule has 2 heterocycles. The first-order chi connectivity index (χ1) is 18.6. The summed E-state index contributed by atoms with van der Waals surface area (Å²) in [6.45, 7) is 9.46. The highest BCUT2D eigenvalue weighted by atomic mass is 16.2. The highest BCUT2D eigenvalue weighted by Crippen LogP contribution is 2.29. The van der Waals surface area contributed by atoms with Crippen LogP contribution in [0.5, 0.6) is 0 Å². The Labute approximate surface area is 230 Å². The van der Waals surface area contributed by atoms with Crippen LogP contribution in [0, 0.1) is 5.92 Å². The van der Waals surface area contributed by atoms with Crippen LogP contribution >= 0.6 is 0 Å². The van der Waals surface area contributed by atoms with Gasteiger partial charge in [-0.25, -0.2) is 4.99 Å². The number of nitrogens with two attached hydrogens (primary N) is 2. The average Bonchev–Trinajstić information content (AvgIpc) is 3.08. The Balaban J connectivity index is 1.75. The smallest absolute Gasteiger partial charge is 0.255 e. The molecule has 0 saturated heterocycles. The van der Waals surface area contributed by atoms with Crippen LogP contribution in [0.15, 0.2) is 47.2 Å². The summed E-state index contributed by atoms with van der Waals surface area (Å²) in [5, 5.41) is 5.63. The van der Waals surface area contributed by atoms with Gasteiger partial charge in [-0.15, -0.1) is 0 Å². The van der Waals surface area contributed by atoms with E-state index in [9.17, 15) is 14.4 Å². The van der Waals surface area contributed by atoms with E-state index in [2.05, 4.69) is 20.6 Å². The molecule has 3 amide bonds. The number of nitrogens with one attached hydrogen (secondary N) is 2. The number of carbonyl (C=O) groups excluding carboxylic acids is 3. The molecule has 1 aliphatic heterocycles. The SMILES string of the molecule is CCCN(CCC)C(=O)C1=Cc2ccc(C(=O)Nc3cncc(CNC(=O)[C@@H](N)C(C)C)c3)cc2N=C(N)C1. The monoisotopic (exact) mass is 533 g/mol. The van der Waals surface area contributed by atoms with Crippen LogP contribution in [0.1, 0.15) is 68.4 Å². The van der Waals surface area contributed by atoms with Crippen LogP contribution in [0.4, 0.5) is 11.4 Å². The molecule has 1 aliphatic rings. The second-order valence-electron chi connectivity index (χ2n) is 10.0. The van der Waals surface area contributed by atoms with Crippen LogP contribution in [-0.4, -0.2) is 52.6 Å². The number of amides is 3. The number of nitrogens with zero attached hydrogens (tertiary/aromatic N) is 3. The molecule has 208 valence electrons. The van der Waals surface area contributed by atoms with Crippen molar-refractivity contribution in [2.45, 2.75) is 59.5 Å². The number of hydrogen-bond donors (Lipinski definition) is 4. The van der Waals surface area contributed by atoms with Crippen LogP contribution in [0.25, 0.3) is 6.08 Å². The molecule has 0 aliphatic carbocycles. The van der Waals surface area contributed by atoms with Gasteiger partial charge < -0.3 is 27.0 Å². The number of rotatable bonds is 11. The van der Waals surface area contributed by atoms with Gasteiger partial charge in [0, 0.05) is 49.0 Å². The number of aromatic nitrogens is 1. The first-order valence-corrected chi connectivity index (χ1v) is 13.4. The molecular formula is C29H39N7O3. The molecule has 0 fully saturated rings. The van der Waals surface area contributed by atoms with Crippen LogP contribution in [-0.2, 0) is 16.1 Å². The van der Waals surface area contributed by atoms with Crippen molar-refractivity contribution in [1.82, 2.24) is 15.2 Å². The van der Waals surface area contributed by atoms with Gasteiger partial charge in [0.05, 0.1) is 23.6 Å². The minimum absolute atomic E-state index is 0.0220. The van der Waals surface area contributed by atoms with Gasteiger partial charge in [-0.05, 0) is 48.6 Å². The summed E-state index contributed by atoms with van der Waals surface area (Å²) in [5.74, 6) is -0.297. The summed E-state index contributed by atoms with van der Waals surface area (Å²) >= 11 is 0. The van der Waals surface area contributed by atoms with E-state index in [1.807, 2.05) is 38.7 Å². The van der Waals surface area contributed by atoms with Crippen molar-refractivity contribution in [3.8, 4) is 0 Å². The topological polar surface area (TPSA) is 156 Å². The van der Waals surface area contributed by atoms with E-state index in [1.165, 1.54) is 6.20 Å². The predicted octanol–water partition coefficient (Wildman–Crippen LogP) is 3.36. The molecule has 10 nitrogen and oxygen atoms in total. The molecule has 0 bridgehead atoms. The summed E-state index contributed by atoms with van der Waals surface area (Å²) in [7, 11) is 0. The lowest BCUT2D eigenvalue weighted by molar-refractivity contribution is -0.127. The summed E-state index contributed by atoms with van der Waals surface area (Å²) in [6.07, 6.45) is 6.95. The lowest BCUT2D eigenvalue weighted by atomic mass is 10.0. The van der Waals surface area contributed by atoms with Gasteiger partial charge in [0.15, 0.2) is 0 Å². The highest BCUT2D eigenvalue weighted by Gasteiger charge is 2.22. The zero-order valence-corrected chi connectivity index (χ0v) is 23.2. The lowest BCUT2D eigenvalue weighted by Gasteiger charge is -2.22. The number of fused-ring (bicyclic) bond motifs is 1. The fraction of sp³-hybridized carbons (Fsp3) is 0.414. The Morgan fingerprint density at radius 3 is 2.46 bits per heavy atom. The molecule has 0 saturated carbocycles. The van der Waals surface area contributed by atoms with E-state index in [1.54, 1.807) is 30.5 Å². The van der Waals surface area contributed by atoms with Gasteiger partial charge in [-0.2, -0.15) is 0 Å². The fourth-order valence-corrected chi connectivity index (χ4v) is 4.19. The Morgan fingerprint density at radius 2 is 1.79 bits per heavy atom. The van der Waals surface area contributed by atoms with Crippen molar-refractivity contribution in [3.63, 3.8) is 0 Å². The standard InChI is InChI=1S/C29H39N7O3/c1-5-9-36(10-6-2)29(39)22-12-20-7-8-21(13-24(20)35-25(30)14-22)27(37)34-23-11-19(15-32-17-23)16-33-28(38)26(31)18(3)4/h7-8,11-13,15,17-18,26H,5-6,9-10,14,16,31H2,1-4H3,(H2,30,35)(H,33,38)(H,34,37)/t26-/m0/s1. The number of hydrogen-bond acceptors (Lipinski definition) is 7. The van der Waals surface area contributed by atoms with E-state index in [4.69, 9.17) is 11.5 Å². The molecule has 1 atom stereocenters. The minimum atomic E-state index is -0.596. The maximum Gasteiger partial charge on any atom is 0.255 e. The fourth-order valence-electron chi connectivity index (χ4n) is 4.19. The second kappa shape index (κ2) is 13.7. The normalized spacial score (nSPS) is 13.5. The zero-order valence-electron chi connectivity index (χ0n) is 23.2. The first-order valence-electron chi connectivity index (χ1n) is 13.4. The molecule has 0 radical (unpaired) electrons. The van der Waals surface area contributed by atoms with E-state index in [-0.39, 0.29) is 36.6 Å². The number of carbonyl (C=O) groups is 3. The van der Waals surface area contributed by atoms with Gasteiger partial charge in [0.2, 0.25) is 11.8 Å². The van der Waals surface area contributed by atoms with Crippen LogP contribution < -0.4 is 22.1 Å². The van der Waals surface area contributed by atoms with E-state index >= 15 is 0 Å². The van der Waals surface area contributed by atoms with Crippen molar-refractivity contribution in [2.24, 2.45) is 22.4 Å². The molecule has 1 aromatic heterocycles. The van der Waals surface area contributed by atoms with Crippen molar-refractivity contribution in [2.75, 3.05) is 18.4 Å². The van der Waals surface area contributed by atoms with Gasteiger partial charge in [-0.3, -0.25) is 19.4 Å². The molecule has 0 spiro atoms. The van der Waals surface area contributed by atoms with Crippen molar-refractivity contribution < 1.29 is 14.4 Å². The number of anilines is 1. The van der Waals surface area contributed by atoms with Gasteiger partial charge in [-0.1, -0.05) is 33.8 Å². The molecule has 10 heteroatoms. The number of benzene rings is 1. The van der Waals surface area contributed by atoms with Gasteiger partial charge >= 0.3 is 0 Å². The summed E-state index contributed by atoms with van der Waals surface area (Å²) < 4.78 is 0.